The van der Waals surface area contributed by atoms with Crippen LogP contribution in [-0.4, -0.2) is 28.8 Å². The molecule has 0 bridgehead atoms. The summed E-state index contributed by atoms with van der Waals surface area (Å²) in [5, 5.41) is 12.3. The SMILES string of the molecule is CC(C)COc1nc(NC(C)(C)CO)ccc1N. The number of rotatable bonds is 6. The molecule has 1 rings (SSSR count). The summed E-state index contributed by atoms with van der Waals surface area (Å²) in [5.41, 5.74) is 5.89. The van der Waals surface area contributed by atoms with Crippen molar-refractivity contribution >= 4 is 11.5 Å². The fourth-order valence-electron chi connectivity index (χ4n) is 1.27. The molecule has 102 valence electrons. The molecule has 0 spiro atoms. The maximum absolute atomic E-state index is 9.21. The molecule has 0 atom stereocenters. The molecular weight excluding hydrogens is 230 g/mol. The van der Waals surface area contributed by atoms with E-state index in [2.05, 4.69) is 24.1 Å². The third-order valence-corrected chi connectivity index (χ3v) is 2.30. The van der Waals surface area contributed by atoms with E-state index in [4.69, 9.17) is 10.5 Å². The lowest BCUT2D eigenvalue weighted by Crippen LogP contribution is -2.35. The summed E-state index contributed by atoms with van der Waals surface area (Å²) >= 11 is 0. The Morgan fingerprint density at radius 2 is 2.11 bits per heavy atom. The number of hydrogen-bond donors (Lipinski definition) is 3. The first-order valence-electron chi connectivity index (χ1n) is 6.12. The third-order valence-electron chi connectivity index (χ3n) is 2.30. The van der Waals surface area contributed by atoms with Crippen LogP contribution in [0.2, 0.25) is 0 Å². The van der Waals surface area contributed by atoms with E-state index in [0.717, 1.165) is 0 Å². The van der Waals surface area contributed by atoms with Crippen LogP contribution in [-0.2, 0) is 0 Å². The zero-order valence-corrected chi connectivity index (χ0v) is 11.5. The summed E-state index contributed by atoms with van der Waals surface area (Å²) in [5.74, 6) is 1.49. The van der Waals surface area contributed by atoms with Crippen molar-refractivity contribution in [3.8, 4) is 5.88 Å². The summed E-state index contributed by atoms with van der Waals surface area (Å²) in [7, 11) is 0. The first-order valence-corrected chi connectivity index (χ1v) is 6.12. The Balaban J connectivity index is 2.80. The van der Waals surface area contributed by atoms with E-state index in [9.17, 15) is 5.11 Å². The molecule has 0 aliphatic rings. The molecule has 0 aliphatic heterocycles. The largest absolute Gasteiger partial charge is 0.476 e. The highest BCUT2D eigenvalue weighted by Gasteiger charge is 2.17. The summed E-state index contributed by atoms with van der Waals surface area (Å²) in [6.07, 6.45) is 0. The van der Waals surface area contributed by atoms with Crippen molar-refractivity contribution in [2.24, 2.45) is 5.92 Å². The van der Waals surface area contributed by atoms with E-state index in [1.807, 2.05) is 13.8 Å². The van der Waals surface area contributed by atoms with Gasteiger partial charge in [-0.15, -0.1) is 0 Å². The molecule has 1 heterocycles. The Bertz CT molecular complexity index is 392. The van der Waals surface area contributed by atoms with Crippen LogP contribution in [0.1, 0.15) is 27.7 Å². The number of aromatic nitrogens is 1. The highest BCUT2D eigenvalue weighted by atomic mass is 16.5. The van der Waals surface area contributed by atoms with E-state index in [1.165, 1.54) is 0 Å². The van der Waals surface area contributed by atoms with E-state index >= 15 is 0 Å². The van der Waals surface area contributed by atoms with Crippen molar-refractivity contribution in [2.75, 3.05) is 24.3 Å². The Labute approximate surface area is 108 Å². The van der Waals surface area contributed by atoms with Gasteiger partial charge in [-0.2, -0.15) is 4.98 Å². The average Bonchev–Trinajstić information content (AvgIpc) is 2.29. The standard InChI is InChI=1S/C13H23N3O2/c1-9(2)7-18-12-10(14)5-6-11(15-12)16-13(3,4)8-17/h5-6,9,17H,7-8,14H2,1-4H3,(H,15,16). The minimum absolute atomic E-state index is 0.0151. The maximum atomic E-state index is 9.21. The molecule has 1 aromatic rings. The van der Waals surface area contributed by atoms with Gasteiger partial charge in [0.2, 0.25) is 5.88 Å². The van der Waals surface area contributed by atoms with Crippen molar-refractivity contribution in [3.63, 3.8) is 0 Å². The van der Waals surface area contributed by atoms with Crippen molar-refractivity contribution in [3.05, 3.63) is 12.1 Å². The number of aliphatic hydroxyl groups excluding tert-OH is 1. The monoisotopic (exact) mass is 253 g/mol. The lowest BCUT2D eigenvalue weighted by atomic mass is 10.1. The van der Waals surface area contributed by atoms with Gasteiger partial charge >= 0.3 is 0 Å². The fraction of sp³-hybridized carbons (Fsp3) is 0.615. The Hall–Kier alpha value is -1.49. The molecule has 5 heteroatoms. The molecule has 0 aromatic carbocycles. The molecule has 0 saturated heterocycles. The first kappa shape index (κ1) is 14.6. The molecule has 1 aromatic heterocycles. The maximum Gasteiger partial charge on any atom is 0.239 e. The Kier molecular flexibility index (Phi) is 4.78. The van der Waals surface area contributed by atoms with Gasteiger partial charge in [0, 0.05) is 0 Å². The van der Waals surface area contributed by atoms with Gasteiger partial charge in [-0.05, 0) is 31.9 Å². The van der Waals surface area contributed by atoms with Crippen LogP contribution in [0.15, 0.2) is 12.1 Å². The van der Waals surface area contributed by atoms with Gasteiger partial charge in [-0.1, -0.05) is 13.8 Å². The number of nitrogens with two attached hydrogens (primary N) is 1. The summed E-state index contributed by atoms with van der Waals surface area (Å²) < 4.78 is 5.55. The van der Waals surface area contributed by atoms with Crippen LogP contribution in [0.3, 0.4) is 0 Å². The second-order valence-corrected chi connectivity index (χ2v) is 5.46. The summed E-state index contributed by atoms with van der Waals surface area (Å²) in [6.45, 7) is 8.49. The lowest BCUT2D eigenvalue weighted by Gasteiger charge is -2.24. The fourth-order valence-corrected chi connectivity index (χ4v) is 1.27. The number of pyridine rings is 1. The zero-order chi connectivity index (χ0) is 13.8. The second kappa shape index (κ2) is 5.91. The van der Waals surface area contributed by atoms with Crippen LogP contribution in [0.4, 0.5) is 11.5 Å². The molecule has 0 aliphatic carbocycles. The molecule has 4 N–H and O–H groups in total. The third kappa shape index (κ3) is 4.41. The van der Waals surface area contributed by atoms with E-state index in [-0.39, 0.29) is 6.61 Å². The van der Waals surface area contributed by atoms with Crippen molar-refractivity contribution in [1.82, 2.24) is 4.98 Å². The van der Waals surface area contributed by atoms with E-state index < -0.39 is 5.54 Å². The Morgan fingerprint density at radius 1 is 1.44 bits per heavy atom. The molecule has 5 nitrogen and oxygen atoms in total. The van der Waals surface area contributed by atoms with Crippen LogP contribution in [0.25, 0.3) is 0 Å². The van der Waals surface area contributed by atoms with E-state index in [0.29, 0.717) is 29.9 Å². The lowest BCUT2D eigenvalue weighted by molar-refractivity contribution is 0.233. The minimum atomic E-state index is -0.432. The smallest absolute Gasteiger partial charge is 0.239 e. The Morgan fingerprint density at radius 3 is 2.67 bits per heavy atom. The van der Waals surface area contributed by atoms with Gasteiger partial charge < -0.3 is 20.9 Å². The molecule has 0 unspecified atom stereocenters. The molecular formula is C13H23N3O2. The number of hydrogen-bond acceptors (Lipinski definition) is 5. The van der Waals surface area contributed by atoms with E-state index in [1.54, 1.807) is 12.1 Å². The van der Waals surface area contributed by atoms with Crippen molar-refractivity contribution in [1.29, 1.82) is 0 Å². The van der Waals surface area contributed by atoms with Crippen molar-refractivity contribution in [2.45, 2.75) is 33.2 Å². The van der Waals surface area contributed by atoms with Crippen LogP contribution in [0, 0.1) is 5.92 Å². The number of nitrogens with one attached hydrogen (secondary N) is 1. The first-order chi connectivity index (χ1) is 8.34. The van der Waals surface area contributed by atoms with Gasteiger partial charge in [-0.3, -0.25) is 0 Å². The van der Waals surface area contributed by atoms with Gasteiger partial charge in [0.15, 0.2) is 0 Å². The van der Waals surface area contributed by atoms with Crippen molar-refractivity contribution < 1.29 is 9.84 Å². The minimum Gasteiger partial charge on any atom is -0.476 e. The van der Waals surface area contributed by atoms with Crippen LogP contribution < -0.4 is 15.8 Å². The van der Waals surface area contributed by atoms with Gasteiger partial charge in [-0.25, -0.2) is 0 Å². The second-order valence-electron chi connectivity index (χ2n) is 5.46. The predicted octanol–water partition coefficient (Wildman–Crippen LogP) is 1.88. The number of aliphatic hydroxyl groups is 1. The average molecular weight is 253 g/mol. The highest BCUT2D eigenvalue weighted by Crippen LogP contribution is 2.23. The summed E-state index contributed by atoms with van der Waals surface area (Å²) in [4.78, 5) is 4.31. The zero-order valence-electron chi connectivity index (χ0n) is 11.5. The molecule has 18 heavy (non-hydrogen) atoms. The number of nitrogen functional groups attached to an aromatic ring is 1. The molecule has 0 radical (unpaired) electrons. The predicted molar refractivity (Wildman–Crippen MR) is 73.8 cm³/mol. The normalized spacial score (nSPS) is 11.7. The topological polar surface area (TPSA) is 80.4 Å². The quantitative estimate of drug-likeness (QED) is 0.721. The molecule has 0 saturated carbocycles. The number of nitrogens with zero attached hydrogens (tertiary/aromatic N) is 1. The van der Waals surface area contributed by atoms with Gasteiger partial charge in [0.1, 0.15) is 5.82 Å². The van der Waals surface area contributed by atoms with Crippen LogP contribution in [0.5, 0.6) is 5.88 Å². The molecule has 0 fully saturated rings. The molecule has 0 amide bonds. The highest BCUT2D eigenvalue weighted by molar-refractivity contribution is 5.54. The van der Waals surface area contributed by atoms with Crippen LogP contribution >= 0.6 is 0 Å². The number of anilines is 2. The summed E-state index contributed by atoms with van der Waals surface area (Å²) in [6, 6.07) is 3.52. The number of ether oxygens (including phenoxy) is 1. The van der Waals surface area contributed by atoms with Gasteiger partial charge in [0.05, 0.1) is 24.4 Å². The van der Waals surface area contributed by atoms with Gasteiger partial charge in [0.25, 0.3) is 0 Å².